The fraction of sp³-hybridized carbons (Fsp3) is 0.467. The largest absolute Gasteiger partial charge is 0.397 e. The summed E-state index contributed by atoms with van der Waals surface area (Å²) >= 11 is 0. The lowest BCUT2D eigenvalue weighted by atomic mass is 9.94. The Morgan fingerprint density at radius 3 is 3.05 bits per heavy atom. The van der Waals surface area contributed by atoms with Gasteiger partial charge >= 0.3 is 0 Å². The van der Waals surface area contributed by atoms with Gasteiger partial charge in [-0.15, -0.1) is 0 Å². The highest BCUT2D eigenvalue weighted by Crippen LogP contribution is 2.27. The number of piperidine rings is 1. The predicted octanol–water partition coefficient (Wildman–Crippen LogP) is 1.26. The third kappa shape index (κ3) is 2.71. The second-order valence-electron chi connectivity index (χ2n) is 5.97. The zero-order valence-electron chi connectivity index (χ0n) is 12.4. The summed E-state index contributed by atoms with van der Waals surface area (Å²) in [6, 6.07) is 3.96. The number of nitrogens with one attached hydrogen (secondary N) is 2. The van der Waals surface area contributed by atoms with E-state index in [2.05, 4.69) is 34.2 Å². The number of likely N-dealkylation sites (tertiary alicyclic amines) is 1. The second kappa shape index (κ2) is 5.37. The maximum absolute atomic E-state index is 11.7. The number of aromatic amines is 1. The van der Waals surface area contributed by atoms with Crippen molar-refractivity contribution in [1.82, 2.24) is 14.9 Å². The molecule has 0 radical (unpaired) electrons. The van der Waals surface area contributed by atoms with Crippen LogP contribution in [0.2, 0.25) is 0 Å². The molecule has 0 saturated carbocycles. The molecular formula is C15H21N5O. The Balaban J connectivity index is 1.90. The summed E-state index contributed by atoms with van der Waals surface area (Å²) in [5.41, 5.74) is 8.05. The number of nitrogens with zero attached hydrogens (tertiary/aromatic N) is 2. The molecule has 1 aliphatic heterocycles. The van der Waals surface area contributed by atoms with Gasteiger partial charge in [-0.25, -0.2) is 4.98 Å². The molecule has 0 bridgehead atoms. The van der Waals surface area contributed by atoms with Gasteiger partial charge in [-0.1, -0.05) is 6.92 Å². The molecule has 6 nitrogen and oxygen atoms in total. The Hall–Kier alpha value is -2.08. The van der Waals surface area contributed by atoms with Crippen molar-refractivity contribution in [2.75, 3.05) is 31.2 Å². The Morgan fingerprint density at radius 1 is 1.48 bits per heavy atom. The third-order valence-electron chi connectivity index (χ3n) is 4.26. The summed E-state index contributed by atoms with van der Waals surface area (Å²) in [6.45, 7) is 4.39. The van der Waals surface area contributed by atoms with Crippen LogP contribution in [0.5, 0.6) is 0 Å². The average Bonchev–Trinajstić information content (AvgIpc) is 2.44. The number of benzene rings is 1. The van der Waals surface area contributed by atoms with Gasteiger partial charge in [0.05, 0.1) is 28.6 Å². The lowest BCUT2D eigenvalue weighted by Gasteiger charge is -2.36. The van der Waals surface area contributed by atoms with Gasteiger partial charge in [0.15, 0.2) is 0 Å². The molecule has 0 amide bonds. The molecule has 0 spiro atoms. The first kappa shape index (κ1) is 13.9. The van der Waals surface area contributed by atoms with E-state index in [9.17, 15) is 4.79 Å². The topological polar surface area (TPSA) is 87.0 Å². The lowest BCUT2D eigenvalue weighted by Crippen LogP contribution is -2.43. The summed E-state index contributed by atoms with van der Waals surface area (Å²) < 4.78 is 0. The van der Waals surface area contributed by atoms with E-state index in [1.165, 1.54) is 6.33 Å². The van der Waals surface area contributed by atoms with Gasteiger partial charge in [-0.3, -0.25) is 4.79 Å². The van der Waals surface area contributed by atoms with Crippen LogP contribution in [0.15, 0.2) is 23.3 Å². The van der Waals surface area contributed by atoms with Crippen LogP contribution in [-0.4, -0.2) is 41.0 Å². The molecule has 2 atom stereocenters. The Kier molecular flexibility index (Phi) is 3.55. The molecule has 1 fully saturated rings. The van der Waals surface area contributed by atoms with E-state index >= 15 is 0 Å². The van der Waals surface area contributed by atoms with Gasteiger partial charge in [0.2, 0.25) is 0 Å². The number of hydrogen-bond acceptors (Lipinski definition) is 5. The second-order valence-corrected chi connectivity index (χ2v) is 5.97. The average molecular weight is 287 g/mol. The molecule has 4 N–H and O–H groups in total. The van der Waals surface area contributed by atoms with Crippen molar-refractivity contribution >= 4 is 22.3 Å². The molecule has 1 aromatic heterocycles. The van der Waals surface area contributed by atoms with E-state index in [0.29, 0.717) is 28.6 Å². The Bertz CT molecular complexity index is 711. The van der Waals surface area contributed by atoms with Crippen molar-refractivity contribution in [3.8, 4) is 0 Å². The molecule has 21 heavy (non-hydrogen) atoms. The normalized spacial score (nSPS) is 23.3. The first-order valence-corrected chi connectivity index (χ1v) is 7.26. The van der Waals surface area contributed by atoms with Crippen LogP contribution in [0.25, 0.3) is 10.9 Å². The van der Waals surface area contributed by atoms with Crippen molar-refractivity contribution in [3.05, 3.63) is 28.8 Å². The Labute approximate surface area is 123 Å². The number of nitrogen functional groups attached to an aromatic ring is 1. The molecule has 6 heteroatoms. The van der Waals surface area contributed by atoms with Gasteiger partial charge in [0.25, 0.3) is 5.56 Å². The van der Waals surface area contributed by atoms with Gasteiger partial charge in [0.1, 0.15) is 0 Å². The quantitative estimate of drug-likeness (QED) is 0.724. The van der Waals surface area contributed by atoms with Crippen molar-refractivity contribution in [2.24, 2.45) is 5.92 Å². The van der Waals surface area contributed by atoms with Gasteiger partial charge in [-0.2, -0.15) is 0 Å². The molecule has 0 aliphatic carbocycles. The number of fused-ring (bicyclic) bond motifs is 1. The summed E-state index contributed by atoms with van der Waals surface area (Å²) in [5.74, 6) is 0.547. The van der Waals surface area contributed by atoms with E-state index in [4.69, 9.17) is 5.73 Å². The molecule has 2 heterocycles. The first-order valence-electron chi connectivity index (χ1n) is 7.26. The Morgan fingerprint density at radius 2 is 2.29 bits per heavy atom. The fourth-order valence-electron chi connectivity index (χ4n) is 3.03. The zero-order chi connectivity index (χ0) is 15.0. The number of rotatable bonds is 2. The van der Waals surface area contributed by atoms with Gasteiger partial charge in [-0.05, 0) is 38.1 Å². The summed E-state index contributed by atoms with van der Waals surface area (Å²) in [7, 11) is 2.15. The maximum atomic E-state index is 11.7. The van der Waals surface area contributed by atoms with Crippen LogP contribution in [-0.2, 0) is 0 Å². The van der Waals surface area contributed by atoms with Crippen LogP contribution >= 0.6 is 0 Å². The molecule has 1 aromatic carbocycles. The number of aromatic nitrogens is 2. The van der Waals surface area contributed by atoms with Crippen LogP contribution in [0.3, 0.4) is 0 Å². The van der Waals surface area contributed by atoms with Crippen molar-refractivity contribution in [2.45, 2.75) is 19.4 Å². The van der Waals surface area contributed by atoms with Gasteiger partial charge < -0.3 is 20.9 Å². The summed E-state index contributed by atoms with van der Waals surface area (Å²) in [6.07, 6.45) is 2.50. The van der Waals surface area contributed by atoms with Crippen molar-refractivity contribution in [3.63, 3.8) is 0 Å². The van der Waals surface area contributed by atoms with Crippen LogP contribution in [0.4, 0.5) is 11.4 Å². The van der Waals surface area contributed by atoms with E-state index < -0.39 is 0 Å². The smallest absolute Gasteiger partial charge is 0.258 e. The molecule has 2 aromatic rings. The number of H-pyrrole nitrogens is 1. The van der Waals surface area contributed by atoms with Gasteiger partial charge in [0, 0.05) is 12.6 Å². The van der Waals surface area contributed by atoms with Crippen LogP contribution in [0, 0.1) is 5.92 Å². The standard InChI is InChI=1S/C15H21N5O/c1-9-7-20(2)4-3-12(9)19-14-6-13-10(5-11(14)16)15(21)18-8-17-13/h5-6,8-9,12,19H,3-4,7,16H2,1-2H3,(H,17,18,21). The number of nitrogens with two attached hydrogens (primary N) is 1. The van der Waals surface area contributed by atoms with Crippen molar-refractivity contribution in [1.29, 1.82) is 0 Å². The predicted molar refractivity (Wildman–Crippen MR) is 85.5 cm³/mol. The maximum Gasteiger partial charge on any atom is 0.258 e. The van der Waals surface area contributed by atoms with Crippen LogP contribution < -0.4 is 16.6 Å². The zero-order valence-corrected chi connectivity index (χ0v) is 12.4. The lowest BCUT2D eigenvalue weighted by molar-refractivity contribution is 0.206. The molecular weight excluding hydrogens is 266 g/mol. The summed E-state index contributed by atoms with van der Waals surface area (Å²) in [4.78, 5) is 20.9. The van der Waals surface area contributed by atoms with E-state index in [0.717, 1.165) is 25.2 Å². The minimum atomic E-state index is -0.161. The van der Waals surface area contributed by atoms with Crippen LogP contribution in [0.1, 0.15) is 13.3 Å². The highest BCUT2D eigenvalue weighted by molar-refractivity contribution is 5.88. The fourth-order valence-corrected chi connectivity index (χ4v) is 3.03. The summed E-state index contributed by atoms with van der Waals surface area (Å²) in [5, 5.41) is 4.05. The first-order chi connectivity index (χ1) is 10.0. The van der Waals surface area contributed by atoms with E-state index in [-0.39, 0.29) is 5.56 Å². The van der Waals surface area contributed by atoms with E-state index in [1.807, 2.05) is 6.07 Å². The van der Waals surface area contributed by atoms with E-state index in [1.54, 1.807) is 6.07 Å². The third-order valence-corrected chi connectivity index (χ3v) is 4.26. The number of hydrogen-bond donors (Lipinski definition) is 3. The van der Waals surface area contributed by atoms with Crippen molar-refractivity contribution < 1.29 is 0 Å². The molecule has 3 rings (SSSR count). The SMILES string of the molecule is CC1CN(C)CCC1Nc1cc2nc[nH]c(=O)c2cc1N. The minimum absolute atomic E-state index is 0.161. The molecule has 112 valence electrons. The monoisotopic (exact) mass is 287 g/mol. The number of anilines is 2. The minimum Gasteiger partial charge on any atom is -0.397 e. The highest BCUT2D eigenvalue weighted by atomic mass is 16.1. The molecule has 2 unspecified atom stereocenters. The molecule has 1 saturated heterocycles. The highest BCUT2D eigenvalue weighted by Gasteiger charge is 2.24. The molecule has 1 aliphatic rings.